The van der Waals surface area contributed by atoms with Gasteiger partial charge in [0.2, 0.25) is 0 Å². The van der Waals surface area contributed by atoms with Gasteiger partial charge in [-0.1, -0.05) is 11.8 Å². The number of thioether (sulfide) groups is 1. The quantitative estimate of drug-likeness (QED) is 0.729. The summed E-state index contributed by atoms with van der Waals surface area (Å²) in [6.07, 6.45) is 6.60. The number of ketones is 1. The van der Waals surface area contributed by atoms with Gasteiger partial charge in [0.05, 0.1) is 6.20 Å². The Morgan fingerprint density at radius 3 is 2.85 bits per heavy atom. The molecule has 0 atom stereocenters. The van der Waals surface area contributed by atoms with E-state index < -0.39 is 0 Å². The van der Waals surface area contributed by atoms with Gasteiger partial charge < -0.3 is 4.42 Å². The number of carbonyl (C=O) groups excluding carboxylic acids is 1. The van der Waals surface area contributed by atoms with Crippen molar-refractivity contribution in [2.45, 2.75) is 36.2 Å². The van der Waals surface area contributed by atoms with Crippen LogP contribution in [0.1, 0.15) is 25.7 Å². The fraction of sp³-hybridized carbons (Fsp3) is 0.556. The Hall–Kier alpha value is -0.770. The van der Waals surface area contributed by atoms with Gasteiger partial charge in [-0.05, 0) is 12.8 Å². The first-order valence-electron chi connectivity index (χ1n) is 4.42. The van der Waals surface area contributed by atoms with Crippen molar-refractivity contribution >= 4 is 17.5 Å². The van der Waals surface area contributed by atoms with Crippen molar-refractivity contribution in [3.63, 3.8) is 0 Å². The van der Waals surface area contributed by atoms with Crippen molar-refractivity contribution < 1.29 is 9.21 Å². The predicted molar refractivity (Wildman–Crippen MR) is 49.6 cm³/mol. The van der Waals surface area contributed by atoms with Gasteiger partial charge in [0.15, 0.2) is 0 Å². The van der Waals surface area contributed by atoms with E-state index in [1.807, 2.05) is 0 Å². The maximum Gasteiger partial charge on any atom is 0.255 e. The molecule has 0 aliphatic heterocycles. The normalized spacial score (nSPS) is 19.2. The number of hydrogen-bond donors (Lipinski definition) is 0. The van der Waals surface area contributed by atoms with Gasteiger partial charge in [-0.2, -0.15) is 0 Å². The third-order valence-corrected chi connectivity index (χ3v) is 3.38. The summed E-state index contributed by atoms with van der Waals surface area (Å²) >= 11 is 1.64. The van der Waals surface area contributed by atoms with Crippen molar-refractivity contribution in [2.75, 3.05) is 0 Å². The van der Waals surface area contributed by atoms with Gasteiger partial charge in [0.1, 0.15) is 12.0 Å². The van der Waals surface area contributed by atoms with E-state index in [0.717, 1.165) is 30.9 Å². The largest absolute Gasteiger partial charge is 0.440 e. The molecule has 4 heteroatoms. The molecule has 0 unspecified atom stereocenters. The highest BCUT2D eigenvalue weighted by Crippen LogP contribution is 2.31. The van der Waals surface area contributed by atoms with Crippen LogP contribution < -0.4 is 0 Å². The molecule has 0 amide bonds. The third kappa shape index (κ3) is 2.34. The van der Waals surface area contributed by atoms with E-state index in [2.05, 4.69) is 4.98 Å². The standard InChI is InChI=1S/C9H11NO2S/c11-7-1-3-8(4-2-7)13-9-10-5-6-12-9/h5-6,8H,1-4H2. The summed E-state index contributed by atoms with van der Waals surface area (Å²) in [4.78, 5) is 15.0. The molecule has 1 aromatic rings. The monoisotopic (exact) mass is 197 g/mol. The summed E-state index contributed by atoms with van der Waals surface area (Å²) in [6, 6.07) is 0. The molecular formula is C9H11NO2S. The molecular weight excluding hydrogens is 186 g/mol. The molecule has 1 aromatic heterocycles. The van der Waals surface area contributed by atoms with Crippen LogP contribution in [-0.4, -0.2) is 16.0 Å². The highest BCUT2D eigenvalue weighted by atomic mass is 32.2. The zero-order valence-electron chi connectivity index (χ0n) is 7.23. The lowest BCUT2D eigenvalue weighted by atomic mass is 9.99. The molecule has 1 fully saturated rings. The van der Waals surface area contributed by atoms with Gasteiger partial charge in [-0.3, -0.25) is 4.79 Å². The number of hydrogen-bond acceptors (Lipinski definition) is 4. The third-order valence-electron chi connectivity index (χ3n) is 2.17. The number of carbonyl (C=O) groups is 1. The Morgan fingerprint density at radius 2 is 2.23 bits per heavy atom. The highest BCUT2D eigenvalue weighted by Gasteiger charge is 2.20. The molecule has 0 bridgehead atoms. The summed E-state index contributed by atoms with van der Waals surface area (Å²) in [6.45, 7) is 0. The van der Waals surface area contributed by atoms with Gasteiger partial charge in [-0.15, -0.1) is 0 Å². The highest BCUT2D eigenvalue weighted by molar-refractivity contribution is 7.99. The molecule has 1 aliphatic carbocycles. The van der Waals surface area contributed by atoms with Crippen molar-refractivity contribution in [2.24, 2.45) is 0 Å². The topological polar surface area (TPSA) is 43.1 Å². The lowest BCUT2D eigenvalue weighted by Gasteiger charge is -2.18. The lowest BCUT2D eigenvalue weighted by Crippen LogP contribution is -2.15. The molecule has 2 rings (SSSR count). The minimum absolute atomic E-state index is 0.393. The fourth-order valence-corrected chi connectivity index (χ4v) is 2.43. The molecule has 1 aliphatic rings. The van der Waals surface area contributed by atoms with E-state index >= 15 is 0 Å². The second-order valence-electron chi connectivity index (χ2n) is 3.15. The van der Waals surface area contributed by atoms with Crippen molar-refractivity contribution in [3.8, 4) is 0 Å². The van der Waals surface area contributed by atoms with Crippen LogP contribution in [0.2, 0.25) is 0 Å². The number of rotatable bonds is 2. The number of aromatic nitrogens is 1. The van der Waals surface area contributed by atoms with Crippen LogP contribution in [0.5, 0.6) is 0 Å². The summed E-state index contributed by atoms with van der Waals surface area (Å²) in [5.74, 6) is 0.393. The number of nitrogens with zero attached hydrogens (tertiary/aromatic N) is 1. The average Bonchev–Trinajstić information content (AvgIpc) is 2.62. The fourth-order valence-electron chi connectivity index (χ4n) is 1.44. The Bertz CT molecular complexity index is 274. The summed E-state index contributed by atoms with van der Waals surface area (Å²) in [5.41, 5.74) is 0. The molecule has 1 heterocycles. The second kappa shape index (κ2) is 3.96. The van der Waals surface area contributed by atoms with Crippen molar-refractivity contribution in [1.29, 1.82) is 0 Å². The average molecular weight is 197 g/mol. The van der Waals surface area contributed by atoms with E-state index in [1.165, 1.54) is 0 Å². The zero-order chi connectivity index (χ0) is 9.10. The Morgan fingerprint density at radius 1 is 1.46 bits per heavy atom. The molecule has 0 N–H and O–H groups in total. The van der Waals surface area contributed by atoms with Crippen molar-refractivity contribution in [3.05, 3.63) is 12.5 Å². The van der Waals surface area contributed by atoms with E-state index in [1.54, 1.807) is 24.2 Å². The molecule has 13 heavy (non-hydrogen) atoms. The second-order valence-corrected chi connectivity index (χ2v) is 4.41. The minimum Gasteiger partial charge on any atom is -0.440 e. The van der Waals surface area contributed by atoms with E-state index in [4.69, 9.17) is 4.42 Å². The van der Waals surface area contributed by atoms with E-state index in [9.17, 15) is 4.79 Å². The lowest BCUT2D eigenvalue weighted by molar-refractivity contribution is -0.120. The van der Waals surface area contributed by atoms with Crippen LogP contribution in [-0.2, 0) is 4.79 Å². The van der Waals surface area contributed by atoms with Crippen LogP contribution in [0.3, 0.4) is 0 Å². The maximum absolute atomic E-state index is 11.0. The molecule has 0 aromatic carbocycles. The van der Waals surface area contributed by atoms with Crippen LogP contribution >= 0.6 is 11.8 Å². The molecule has 1 saturated carbocycles. The zero-order valence-corrected chi connectivity index (χ0v) is 8.05. The van der Waals surface area contributed by atoms with Gasteiger partial charge in [0.25, 0.3) is 5.22 Å². The van der Waals surface area contributed by atoms with Crippen LogP contribution in [0.4, 0.5) is 0 Å². The number of oxazole rings is 1. The molecule has 0 radical (unpaired) electrons. The van der Waals surface area contributed by atoms with Gasteiger partial charge in [-0.25, -0.2) is 4.98 Å². The molecule has 3 nitrogen and oxygen atoms in total. The van der Waals surface area contributed by atoms with Crippen molar-refractivity contribution in [1.82, 2.24) is 4.98 Å². The summed E-state index contributed by atoms with van der Waals surface area (Å²) in [5, 5.41) is 1.23. The van der Waals surface area contributed by atoms with E-state index in [-0.39, 0.29) is 0 Å². The first kappa shape index (κ1) is 8.81. The van der Waals surface area contributed by atoms with Gasteiger partial charge in [0, 0.05) is 18.1 Å². The Balaban J connectivity index is 1.86. The van der Waals surface area contributed by atoms with E-state index in [0.29, 0.717) is 11.0 Å². The summed E-state index contributed by atoms with van der Waals surface area (Å²) in [7, 11) is 0. The van der Waals surface area contributed by atoms with Crippen LogP contribution in [0.25, 0.3) is 0 Å². The molecule has 70 valence electrons. The maximum atomic E-state index is 11.0. The first-order chi connectivity index (χ1) is 6.34. The predicted octanol–water partition coefficient (Wildman–Crippen LogP) is 2.28. The SMILES string of the molecule is O=C1CCC(Sc2ncco2)CC1. The summed E-state index contributed by atoms with van der Waals surface area (Å²) < 4.78 is 5.13. The Labute approximate surface area is 80.9 Å². The Kier molecular flexibility index (Phi) is 2.68. The first-order valence-corrected chi connectivity index (χ1v) is 5.30. The van der Waals surface area contributed by atoms with Crippen LogP contribution in [0.15, 0.2) is 22.1 Å². The van der Waals surface area contributed by atoms with Crippen LogP contribution in [0, 0.1) is 0 Å². The smallest absolute Gasteiger partial charge is 0.255 e. The number of Topliss-reactive ketones (excluding diaryl/α,β-unsaturated/α-hetero) is 1. The van der Waals surface area contributed by atoms with Gasteiger partial charge >= 0.3 is 0 Å². The minimum atomic E-state index is 0.393. The molecule has 0 saturated heterocycles. The molecule has 0 spiro atoms.